The number of rotatable bonds is 8. The van der Waals surface area contributed by atoms with Crippen molar-refractivity contribution in [2.75, 3.05) is 6.61 Å². The predicted octanol–water partition coefficient (Wildman–Crippen LogP) is 6.64. The second kappa shape index (κ2) is 10.9. The van der Waals surface area contributed by atoms with Crippen molar-refractivity contribution in [3.8, 4) is 11.5 Å². The Morgan fingerprint density at radius 3 is 2.67 bits per heavy atom. The molecule has 184 valence electrons. The van der Waals surface area contributed by atoms with E-state index < -0.39 is 10.9 Å². The van der Waals surface area contributed by atoms with Crippen LogP contribution >= 0.6 is 27.5 Å². The second-order valence-electron chi connectivity index (χ2n) is 7.80. The van der Waals surface area contributed by atoms with Gasteiger partial charge >= 0.3 is 5.97 Å². The third-order valence-electron chi connectivity index (χ3n) is 5.12. The van der Waals surface area contributed by atoms with Gasteiger partial charge in [-0.1, -0.05) is 41.4 Å². The Hall–Kier alpha value is -3.69. The van der Waals surface area contributed by atoms with E-state index in [1.165, 1.54) is 18.2 Å². The van der Waals surface area contributed by atoms with Crippen LogP contribution in [0.1, 0.15) is 29.2 Å². The molecule has 0 unspecified atom stereocenters. The molecular weight excluding hydrogens is 552 g/mol. The predicted molar refractivity (Wildman–Crippen MR) is 140 cm³/mol. The summed E-state index contributed by atoms with van der Waals surface area (Å²) >= 11 is 9.69. The Bertz CT molecular complexity index is 1420. The number of cyclic esters (lactones) is 1. The smallest absolute Gasteiger partial charge is 0.363 e. The van der Waals surface area contributed by atoms with Gasteiger partial charge in [-0.3, -0.25) is 10.1 Å². The Kier molecular flexibility index (Phi) is 7.71. The fourth-order valence-electron chi connectivity index (χ4n) is 3.50. The lowest BCUT2D eigenvalue weighted by molar-refractivity contribution is -0.384. The first-order valence-electron chi connectivity index (χ1n) is 10.9. The van der Waals surface area contributed by atoms with Gasteiger partial charge in [0.25, 0.3) is 5.69 Å². The number of ether oxygens (including phenoxy) is 3. The molecule has 0 amide bonds. The Morgan fingerprint density at radius 1 is 1.17 bits per heavy atom. The van der Waals surface area contributed by atoms with E-state index in [1.807, 2.05) is 38.1 Å². The molecule has 10 heteroatoms. The number of aryl methyl sites for hydroxylation is 1. The fraction of sp³-hybridized carbons (Fsp3) is 0.154. The van der Waals surface area contributed by atoms with Crippen molar-refractivity contribution in [3.05, 3.63) is 102 Å². The lowest BCUT2D eigenvalue weighted by Gasteiger charge is -2.15. The molecule has 0 N–H and O–H groups in total. The number of carbonyl (C=O) groups is 1. The van der Waals surface area contributed by atoms with Gasteiger partial charge in [-0.2, -0.15) is 0 Å². The third kappa shape index (κ3) is 5.75. The summed E-state index contributed by atoms with van der Waals surface area (Å²) in [6.07, 6.45) is 1.55. The van der Waals surface area contributed by atoms with Gasteiger partial charge in [0.05, 0.1) is 26.6 Å². The Labute approximate surface area is 220 Å². The molecule has 0 fully saturated rings. The lowest BCUT2D eigenvalue weighted by atomic mass is 10.1. The van der Waals surface area contributed by atoms with Crippen LogP contribution in [0.25, 0.3) is 6.08 Å². The zero-order valence-electron chi connectivity index (χ0n) is 19.3. The normalized spacial score (nSPS) is 13.9. The molecule has 1 heterocycles. The number of nitrogens with zero attached hydrogens (tertiary/aromatic N) is 2. The van der Waals surface area contributed by atoms with Gasteiger partial charge in [0, 0.05) is 12.1 Å². The van der Waals surface area contributed by atoms with Crippen molar-refractivity contribution in [1.29, 1.82) is 0 Å². The van der Waals surface area contributed by atoms with E-state index in [9.17, 15) is 14.9 Å². The maximum absolute atomic E-state index is 12.5. The molecule has 1 aliphatic rings. The topological polar surface area (TPSA) is 100 Å². The average molecular weight is 572 g/mol. The number of non-ortho nitro benzene ring substituents is 1. The molecule has 0 saturated heterocycles. The zero-order valence-corrected chi connectivity index (χ0v) is 21.6. The van der Waals surface area contributed by atoms with Crippen LogP contribution in [0.5, 0.6) is 11.5 Å². The molecular formula is C26H20BrClN2O6. The highest BCUT2D eigenvalue weighted by Crippen LogP contribution is 2.38. The summed E-state index contributed by atoms with van der Waals surface area (Å²) in [5.74, 6) is 0.332. The third-order valence-corrected chi connectivity index (χ3v) is 6.02. The molecule has 4 rings (SSSR count). The highest BCUT2D eigenvalue weighted by Gasteiger charge is 2.27. The molecule has 36 heavy (non-hydrogen) atoms. The number of esters is 1. The first-order chi connectivity index (χ1) is 17.2. The first kappa shape index (κ1) is 25.4. The van der Waals surface area contributed by atoms with E-state index >= 15 is 0 Å². The van der Waals surface area contributed by atoms with Crippen LogP contribution in [0.3, 0.4) is 0 Å². The molecule has 1 aliphatic heterocycles. The van der Waals surface area contributed by atoms with Crippen molar-refractivity contribution in [3.63, 3.8) is 0 Å². The maximum atomic E-state index is 12.5. The molecule has 0 radical (unpaired) electrons. The summed E-state index contributed by atoms with van der Waals surface area (Å²) in [5, 5.41) is 11.0. The summed E-state index contributed by atoms with van der Waals surface area (Å²) in [6, 6.07) is 15.4. The van der Waals surface area contributed by atoms with Crippen LogP contribution in [-0.4, -0.2) is 23.4 Å². The van der Waals surface area contributed by atoms with Crippen LogP contribution in [-0.2, 0) is 16.1 Å². The van der Waals surface area contributed by atoms with E-state index in [-0.39, 0.29) is 27.9 Å². The molecule has 0 spiro atoms. The molecule has 3 aromatic rings. The minimum Gasteiger partial charge on any atom is -0.490 e. The number of nitro benzene ring substituents is 1. The van der Waals surface area contributed by atoms with Crippen LogP contribution in [0.15, 0.2) is 69.8 Å². The highest BCUT2D eigenvalue weighted by molar-refractivity contribution is 9.10. The average Bonchev–Trinajstić information content (AvgIpc) is 3.18. The summed E-state index contributed by atoms with van der Waals surface area (Å²) in [7, 11) is 0. The zero-order chi connectivity index (χ0) is 25.8. The first-order valence-corrected chi connectivity index (χ1v) is 12.0. The molecule has 0 aliphatic carbocycles. The SMILES string of the molecule is CCOc1cc(/C=C2\N=C(c3ccc([N+](=O)[O-])cc3Cl)OC2=O)cc(Br)c1OCc1cccc(C)c1. The Morgan fingerprint density at radius 2 is 1.97 bits per heavy atom. The summed E-state index contributed by atoms with van der Waals surface area (Å²) in [4.78, 5) is 27.1. The van der Waals surface area contributed by atoms with Crippen molar-refractivity contribution >= 4 is 51.2 Å². The van der Waals surface area contributed by atoms with Gasteiger partial charge in [-0.25, -0.2) is 9.79 Å². The van der Waals surface area contributed by atoms with Gasteiger partial charge in [0.15, 0.2) is 17.2 Å². The molecule has 8 nitrogen and oxygen atoms in total. The molecule has 3 aromatic carbocycles. The summed E-state index contributed by atoms with van der Waals surface area (Å²) in [6.45, 7) is 4.65. The van der Waals surface area contributed by atoms with E-state index in [0.717, 1.165) is 11.1 Å². The second-order valence-corrected chi connectivity index (χ2v) is 9.06. The quantitative estimate of drug-likeness (QED) is 0.130. The molecule has 0 atom stereocenters. The number of hydrogen-bond donors (Lipinski definition) is 0. The van der Waals surface area contributed by atoms with Crippen molar-refractivity contribution in [2.45, 2.75) is 20.5 Å². The number of nitro groups is 1. The van der Waals surface area contributed by atoms with Gasteiger partial charge in [-0.05, 0) is 65.2 Å². The number of aliphatic imine (C=N–C) groups is 1. The minimum absolute atomic E-state index is 0.0339. The monoisotopic (exact) mass is 570 g/mol. The van der Waals surface area contributed by atoms with Crippen molar-refractivity contribution < 1.29 is 23.9 Å². The van der Waals surface area contributed by atoms with Crippen LogP contribution in [0.2, 0.25) is 5.02 Å². The highest BCUT2D eigenvalue weighted by atomic mass is 79.9. The minimum atomic E-state index is -0.673. The summed E-state index contributed by atoms with van der Waals surface area (Å²) in [5.41, 5.74) is 2.93. The van der Waals surface area contributed by atoms with E-state index in [1.54, 1.807) is 18.2 Å². The van der Waals surface area contributed by atoms with E-state index in [4.69, 9.17) is 25.8 Å². The van der Waals surface area contributed by atoms with Crippen molar-refractivity contribution in [2.24, 2.45) is 4.99 Å². The maximum Gasteiger partial charge on any atom is 0.363 e. The van der Waals surface area contributed by atoms with Crippen LogP contribution in [0.4, 0.5) is 5.69 Å². The standard InChI is InChI=1S/C26H20BrClN2O6/c1-3-34-23-12-17(10-20(27)24(23)35-14-16-6-4-5-15(2)9-16)11-22-26(31)36-25(29-22)19-8-7-18(30(32)33)13-21(19)28/h4-13H,3,14H2,1-2H3/b22-11-. The van der Waals surface area contributed by atoms with Crippen LogP contribution in [0, 0.1) is 17.0 Å². The van der Waals surface area contributed by atoms with Gasteiger partial charge in [0.1, 0.15) is 6.61 Å². The fourth-order valence-corrected chi connectivity index (χ4v) is 4.33. The van der Waals surface area contributed by atoms with Crippen LogP contribution < -0.4 is 9.47 Å². The number of hydrogen-bond acceptors (Lipinski definition) is 7. The molecule has 0 saturated carbocycles. The van der Waals surface area contributed by atoms with Gasteiger partial charge < -0.3 is 14.2 Å². The lowest BCUT2D eigenvalue weighted by Crippen LogP contribution is -2.06. The number of halogens is 2. The summed E-state index contributed by atoms with van der Waals surface area (Å²) < 4.78 is 17.7. The van der Waals surface area contributed by atoms with E-state index in [0.29, 0.717) is 34.7 Å². The largest absolute Gasteiger partial charge is 0.490 e. The molecule has 0 aromatic heterocycles. The van der Waals surface area contributed by atoms with Gasteiger partial charge in [-0.15, -0.1) is 0 Å². The number of carbonyl (C=O) groups excluding carboxylic acids is 1. The van der Waals surface area contributed by atoms with Crippen molar-refractivity contribution in [1.82, 2.24) is 0 Å². The Balaban J connectivity index is 1.62. The number of benzene rings is 3. The molecule has 0 bridgehead atoms. The van der Waals surface area contributed by atoms with E-state index in [2.05, 4.69) is 20.9 Å². The van der Waals surface area contributed by atoms with Gasteiger partial charge in [0.2, 0.25) is 5.90 Å².